The van der Waals surface area contributed by atoms with Crippen LogP contribution in [0.5, 0.6) is 0 Å². The Kier molecular flexibility index (Phi) is 3.71. The Morgan fingerprint density at radius 1 is 1.39 bits per heavy atom. The first-order valence-corrected chi connectivity index (χ1v) is 6.57. The molecule has 3 nitrogen and oxygen atoms in total. The van der Waals surface area contributed by atoms with E-state index in [4.69, 9.17) is 0 Å². The number of nitrogens with one attached hydrogen (secondary N) is 2. The van der Waals surface area contributed by atoms with E-state index in [-0.39, 0.29) is 11.3 Å². The van der Waals surface area contributed by atoms with Gasteiger partial charge in [-0.3, -0.25) is 4.79 Å². The van der Waals surface area contributed by atoms with Gasteiger partial charge in [-0.25, -0.2) is 0 Å². The highest BCUT2D eigenvalue weighted by Gasteiger charge is 2.18. The highest BCUT2D eigenvalue weighted by molar-refractivity contribution is 5.92. The lowest BCUT2D eigenvalue weighted by molar-refractivity contribution is -0.117. The van der Waals surface area contributed by atoms with Crippen LogP contribution < -0.4 is 10.6 Å². The molecule has 0 spiro atoms. The number of fused-ring (bicyclic) bond motifs is 1. The number of rotatable bonds is 2. The summed E-state index contributed by atoms with van der Waals surface area (Å²) < 4.78 is 0. The molecule has 0 radical (unpaired) electrons. The number of hydrogen-bond acceptors (Lipinski definition) is 2. The van der Waals surface area contributed by atoms with Crippen LogP contribution in [-0.4, -0.2) is 12.5 Å². The average molecular weight is 246 g/mol. The Labute approximate surface area is 109 Å². The van der Waals surface area contributed by atoms with Crippen LogP contribution in [0.15, 0.2) is 18.2 Å². The Hall–Kier alpha value is -1.35. The molecule has 18 heavy (non-hydrogen) atoms. The second-order valence-corrected chi connectivity index (χ2v) is 6.16. The summed E-state index contributed by atoms with van der Waals surface area (Å²) in [5.74, 6) is 0.106. The zero-order valence-corrected chi connectivity index (χ0v) is 11.5. The predicted octanol–water partition coefficient (Wildman–Crippen LogP) is 2.71. The van der Waals surface area contributed by atoms with Gasteiger partial charge in [0.1, 0.15) is 0 Å². The molecule has 0 fully saturated rings. The van der Waals surface area contributed by atoms with Gasteiger partial charge in [-0.15, -0.1) is 0 Å². The molecule has 0 bridgehead atoms. The van der Waals surface area contributed by atoms with Crippen molar-refractivity contribution in [2.75, 3.05) is 11.9 Å². The van der Waals surface area contributed by atoms with Gasteiger partial charge in [0.05, 0.1) is 0 Å². The van der Waals surface area contributed by atoms with E-state index in [2.05, 4.69) is 37.5 Å². The van der Waals surface area contributed by atoms with Crippen molar-refractivity contribution in [1.29, 1.82) is 0 Å². The molecule has 98 valence electrons. The fourth-order valence-electron chi connectivity index (χ4n) is 2.33. The van der Waals surface area contributed by atoms with Crippen molar-refractivity contribution in [2.24, 2.45) is 5.41 Å². The first kappa shape index (κ1) is 13.1. The zero-order chi connectivity index (χ0) is 13.2. The van der Waals surface area contributed by atoms with Crippen LogP contribution in [0, 0.1) is 5.41 Å². The summed E-state index contributed by atoms with van der Waals surface area (Å²) in [7, 11) is 0. The largest absolute Gasteiger partial charge is 0.326 e. The third kappa shape index (κ3) is 3.33. The van der Waals surface area contributed by atoms with Crippen LogP contribution >= 0.6 is 0 Å². The van der Waals surface area contributed by atoms with Crippen molar-refractivity contribution in [1.82, 2.24) is 5.32 Å². The van der Waals surface area contributed by atoms with E-state index in [1.165, 1.54) is 11.1 Å². The van der Waals surface area contributed by atoms with E-state index in [0.717, 1.165) is 25.2 Å². The summed E-state index contributed by atoms with van der Waals surface area (Å²) in [6.45, 7) is 8.13. The minimum Gasteiger partial charge on any atom is -0.326 e. The highest BCUT2D eigenvalue weighted by Crippen LogP contribution is 2.25. The van der Waals surface area contributed by atoms with Crippen LogP contribution in [0.2, 0.25) is 0 Å². The molecular weight excluding hydrogens is 224 g/mol. The van der Waals surface area contributed by atoms with Crippen molar-refractivity contribution in [2.45, 2.75) is 40.2 Å². The van der Waals surface area contributed by atoms with Crippen LogP contribution in [0.3, 0.4) is 0 Å². The average Bonchev–Trinajstić information content (AvgIpc) is 2.27. The van der Waals surface area contributed by atoms with Crippen molar-refractivity contribution in [3.63, 3.8) is 0 Å². The van der Waals surface area contributed by atoms with Gasteiger partial charge < -0.3 is 10.6 Å². The van der Waals surface area contributed by atoms with Crippen LogP contribution in [-0.2, 0) is 17.8 Å². The molecule has 0 unspecified atom stereocenters. The van der Waals surface area contributed by atoms with Crippen LogP contribution in [0.1, 0.15) is 38.3 Å². The third-order valence-corrected chi connectivity index (χ3v) is 3.11. The Morgan fingerprint density at radius 3 is 2.89 bits per heavy atom. The Balaban J connectivity index is 2.12. The summed E-state index contributed by atoms with van der Waals surface area (Å²) in [4.78, 5) is 12.0. The second-order valence-electron chi connectivity index (χ2n) is 6.16. The molecule has 0 aliphatic carbocycles. The van der Waals surface area contributed by atoms with Gasteiger partial charge in [-0.1, -0.05) is 32.9 Å². The molecule has 0 atom stereocenters. The number of benzene rings is 1. The molecule has 2 rings (SSSR count). The standard InChI is InChI=1S/C15H22N2O/c1-15(2,3)9-14(18)17-13-6-4-5-11-10-16-8-7-12(11)13/h4-6,16H,7-10H2,1-3H3,(H,17,18). The van der Waals surface area contributed by atoms with Crippen molar-refractivity contribution < 1.29 is 4.79 Å². The van der Waals surface area contributed by atoms with E-state index < -0.39 is 0 Å². The van der Waals surface area contributed by atoms with Crippen molar-refractivity contribution in [3.05, 3.63) is 29.3 Å². The predicted molar refractivity (Wildman–Crippen MR) is 74.6 cm³/mol. The monoisotopic (exact) mass is 246 g/mol. The topological polar surface area (TPSA) is 41.1 Å². The molecular formula is C15H22N2O. The summed E-state index contributed by atoms with van der Waals surface area (Å²) in [5.41, 5.74) is 3.61. The number of carbonyl (C=O) groups is 1. The Morgan fingerprint density at radius 2 is 2.17 bits per heavy atom. The fourth-order valence-corrected chi connectivity index (χ4v) is 2.33. The van der Waals surface area contributed by atoms with Crippen LogP contribution in [0.4, 0.5) is 5.69 Å². The molecule has 1 aromatic carbocycles. The lowest BCUT2D eigenvalue weighted by Crippen LogP contribution is -2.26. The quantitative estimate of drug-likeness (QED) is 0.842. The highest BCUT2D eigenvalue weighted by atomic mass is 16.1. The number of anilines is 1. The van der Waals surface area contributed by atoms with Gasteiger partial charge in [0, 0.05) is 18.7 Å². The lowest BCUT2D eigenvalue weighted by Gasteiger charge is -2.22. The van der Waals surface area contributed by atoms with Gasteiger partial charge >= 0.3 is 0 Å². The number of hydrogen-bond donors (Lipinski definition) is 2. The normalized spacial score (nSPS) is 15.1. The smallest absolute Gasteiger partial charge is 0.224 e. The molecule has 0 saturated heterocycles. The van der Waals surface area contributed by atoms with E-state index in [1.54, 1.807) is 0 Å². The minimum absolute atomic E-state index is 0.0283. The van der Waals surface area contributed by atoms with Crippen molar-refractivity contribution >= 4 is 11.6 Å². The van der Waals surface area contributed by atoms with E-state index in [9.17, 15) is 4.79 Å². The van der Waals surface area contributed by atoms with E-state index >= 15 is 0 Å². The van der Waals surface area contributed by atoms with Crippen molar-refractivity contribution in [3.8, 4) is 0 Å². The van der Waals surface area contributed by atoms with Gasteiger partial charge in [-0.05, 0) is 35.6 Å². The maximum Gasteiger partial charge on any atom is 0.224 e. The molecule has 0 saturated carbocycles. The Bertz CT molecular complexity index is 446. The van der Waals surface area contributed by atoms with Gasteiger partial charge in [0.15, 0.2) is 0 Å². The first-order chi connectivity index (χ1) is 8.46. The summed E-state index contributed by atoms with van der Waals surface area (Å²) >= 11 is 0. The molecule has 1 heterocycles. The second kappa shape index (κ2) is 5.11. The lowest BCUT2D eigenvalue weighted by atomic mass is 9.91. The fraction of sp³-hybridized carbons (Fsp3) is 0.533. The maximum absolute atomic E-state index is 12.0. The van der Waals surface area contributed by atoms with E-state index in [1.807, 2.05) is 12.1 Å². The minimum atomic E-state index is 0.0283. The maximum atomic E-state index is 12.0. The summed E-state index contributed by atoms with van der Waals surface area (Å²) in [5, 5.41) is 6.41. The molecule has 1 aliphatic rings. The summed E-state index contributed by atoms with van der Waals surface area (Å²) in [6.07, 6.45) is 1.54. The molecule has 1 aliphatic heterocycles. The molecule has 1 amide bonds. The number of amides is 1. The molecule has 0 aromatic heterocycles. The summed E-state index contributed by atoms with van der Waals surface area (Å²) in [6, 6.07) is 6.14. The van der Waals surface area contributed by atoms with E-state index in [0.29, 0.717) is 6.42 Å². The first-order valence-electron chi connectivity index (χ1n) is 6.57. The zero-order valence-electron chi connectivity index (χ0n) is 11.5. The third-order valence-electron chi connectivity index (χ3n) is 3.11. The molecule has 3 heteroatoms. The van der Waals surface area contributed by atoms with Gasteiger partial charge in [0.2, 0.25) is 5.91 Å². The number of carbonyl (C=O) groups excluding carboxylic acids is 1. The van der Waals surface area contributed by atoms with Gasteiger partial charge in [0.25, 0.3) is 0 Å². The van der Waals surface area contributed by atoms with Gasteiger partial charge in [-0.2, -0.15) is 0 Å². The van der Waals surface area contributed by atoms with Crippen LogP contribution in [0.25, 0.3) is 0 Å². The SMILES string of the molecule is CC(C)(C)CC(=O)Nc1cccc2c1CCNC2. The molecule has 2 N–H and O–H groups in total. The molecule has 1 aromatic rings.